The molecule has 1 heterocycles. The smallest absolute Gasteiger partial charge is 0.166 e. The van der Waals surface area contributed by atoms with Crippen molar-refractivity contribution in [2.45, 2.75) is 64.6 Å². The second-order valence-electron chi connectivity index (χ2n) is 6.88. The van der Waals surface area contributed by atoms with Crippen molar-refractivity contribution in [1.29, 1.82) is 0 Å². The molecule has 0 aromatic heterocycles. The predicted molar refractivity (Wildman–Crippen MR) is 97.5 cm³/mol. The van der Waals surface area contributed by atoms with Crippen LogP contribution in [0.5, 0.6) is 0 Å². The average molecular weight is 344 g/mol. The molecule has 3 rings (SSSR count). The van der Waals surface area contributed by atoms with Gasteiger partial charge in [-0.2, -0.15) is 0 Å². The lowest BCUT2D eigenvalue weighted by atomic mass is 9.98. The first-order valence-electron chi connectivity index (χ1n) is 9.36. The molecule has 2 aromatic carbocycles. The highest BCUT2D eigenvalue weighted by atomic mass is 19.2. The molecule has 0 spiro atoms. The number of rotatable bonds is 6. The van der Waals surface area contributed by atoms with Crippen molar-refractivity contribution in [3.63, 3.8) is 0 Å². The maximum atomic E-state index is 14.4. The molecule has 2 aromatic rings. The second kappa shape index (κ2) is 8.09. The Labute approximate surface area is 149 Å². The van der Waals surface area contributed by atoms with Gasteiger partial charge in [0.1, 0.15) is 0 Å². The molecule has 0 radical (unpaired) electrons. The molecule has 1 nitrogen and oxygen atoms in total. The normalized spacial score (nSPS) is 20.2. The lowest BCUT2D eigenvalue weighted by molar-refractivity contribution is 0.0397. The zero-order valence-corrected chi connectivity index (χ0v) is 15.0. The van der Waals surface area contributed by atoms with Gasteiger partial charge < -0.3 is 4.74 Å². The predicted octanol–water partition coefficient (Wildman–Crippen LogP) is 6.60. The number of ether oxygens (including phenoxy) is 1. The van der Waals surface area contributed by atoms with Crippen LogP contribution in [-0.4, -0.2) is 6.10 Å². The van der Waals surface area contributed by atoms with E-state index >= 15 is 0 Å². The van der Waals surface area contributed by atoms with Crippen LogP contribution >= 0.6 is 0 Å². The van der Waals surface area contributed by atoms with Gasteiger partial charge in [0.2, 0.25) is 0 Å². The van der Waals surface area contributed by atoms with Gasteiger partial charge in [0.25, 0.3) is 0 Å². The average Bonchev–Trinajstić information content (AvgIpc) is 3.09. The van der Waals surface area contributed by atoms with E-state index in [1.54, 1.807) is 12.1 Å². The molecule has 1 aliphatic heterocycles. The molecule has 0 N–H and O–H groups in total. The first-order chi connectivity index (χ1) is 12.1. The van der Waals surface area contributed by atoms with E-state index in [4.69, 9.17) is 4.74 Å². The molecule has 2 unspecified atom stereocenters. The summed E-state index contributed by atoms with van der Waals surface area (Å²) in [6, 6.07) is 11.1. The van der Waals surface area contributed by atoms with Crippen LogP contribution in [0, 0.1) is 11.6 Å². The molecule has 0 aliphatic carbocycles. The zero-order chi connectivity index (χ0) is 17.8. The third-order valence-corrected chi connectivity index (χ3v) is 4.99. The molecule has 25 heavy (non-hydrogen) atoms. The van der Waals surface area contributed by atoms with Crippen LogP contribution in [0.1, 0.15) is 63.2 Å². The fraction of sp³-hybridized carbons (Fsp3) is 0.455. The highest BCUT2D eigenvalue weighted by Crippen LogP contribution is 2.35. The maximum absolute atomic E-state index is 14.4. The van der Waals surface area contributed by atoms with Crippen LogP contribution in [0.15, 0.2) is 36.4 Å². The Morgan fingerprint density at radius 1 is 0.920 bits per heavy atom. The van der Waals surface area contributed by atoms with Gasteiger partial charge in [-0.15, -0.1) is 0 Å². The summed E-state index contributed by atoms with van der Waals surface area (Å²) < 4.78 is 34.7. The topological polar surface area (TPSA) is 9.23 Å². The molecule has 1 saturated heterocycles. The van der Waals surface area contributed by atoms with Crippen LogP contribution < -0.4 is 0 Å². The minimum Gasteiger partial charge on any atom is -0.370 e. The van der Waals surface area contributed by atoms with E-state index < -0.39 is 11.6 Å². The van der Waals surface area contributed by atoms with Crippen molar-refractivity contribution in [3.05, 3.63) is 59.2 Å². The SMILES string of the molecule is CCCc1ccc(-c2ccc(C3CCC(CCC)O3)cc2)c(F)c1F. The Kier molecular flexibility index (Phi) is 5.85. The molecule has 1 aliphatic rings. The van der Waals surface area contributed by atoms with Crippen LogP contribution in [0.2, 0.25) is 0 Å². The first-order valence-corrected chi connectivity index (χ1v) is 9.36. The molecule has 0 bridgehead atoms. The monoisotopic (exact) mass is 344 g/mol. The fourth-order valence-electron chi connectivity index (χ4n) is 3.64. The summed E-state index contributed by atoms with van der Waals surface area (Å²) in [5, 5.41) is 0. The summed E-state index contributed by atoms with van der Waals surface area (Å²) in [5.74, 6) is -1.47. The second-order valence-corrected chi connectivity index (χ2v) is 6.88. The van der Waals surface area contributed by atoms with Crippen LogP contribution in [0.4, 0.5) is 8.78 Å². The number of benzene rings is 2. The summed E-state index contributed by atoms with van der Waals surface area (Å²) in [4.78, 5) is 0. The Morgan fingerprint density at radius 2 is 1.68 bits per heavy atom. The van der Waals surface area contributed by atoms with Gasteiger partial charge in [-0.05, 0) is 42.4 Å². The van der Waals surface area contributed by atoms with Crippen molar-refractivity contribution < 1.29 is 13.5 Å². The van der Waals surface area contributed by atoms with Crippen LogP contribution in [0.25, 0.3) is 11.1 Å². The molecule has 0 saturated carbocycles. The van der Waals surface area contributed by atoms with Crippen LogP contribution in [-0.2, 0) is 11.2 Å². The van der Waals surface area contributed by atoms with E-state index in [0.717, 1.165) is 37.7 Å². The van der Waals surface area contributed by atoms with Crippen molar-refractivity contribution in [2.75, 3.05) is 0 Å². The van der Waals surface area contributed by atoms with Crippen molar-refractivity contribution >= 4 is 0 Å². The van der Waals surface area contributed by atoms with Crippen molar-refractivity contribution in [1.82, 2.24) is 0 Å². The molecular formula is C22H26F2O. The molecule has 2 atom stereocenters. The maximum Gasteiger partial charge on any atom is 0.166 e. The summed E-state index contributed by atoms with van der Waals surface area (Å²) in [7, 11) is 0. The van der Waals surface area contributed by atoms with Gasteiger partial charge in [-0.25, -0.2) is 8.78 Å². The van der Waals surface area contributed by atoms with Gasteiger partial charge in [-0.3, -0.25) is 0 Å². The van der Waals surface area contributed by atoms with Gasteiger partial charge in [0, 0.05) is 5.56 Å². The van der Waals surface area contributed by atoms with Crippen molar-refractivity contribution in [3.8, 4) is 11.1 Å². The molecule has 1 fully saturated rings. The summed E-state index contributed by atoms with van der Waals surface area (Å²) in [6.45, 7) is 4.13. The van der Waals surface area contributed by atoms with Gasteiger partial charge in [0.05, 0.1) is 12.2 Å². The Hall–Kier alpha value is -1.74. The third kappa shape index (κ3) is 3.92. The Bertz CT molecular complexity index is 709. The van der Waals surface area contributed by atoms with E-state index in [9.17, 15) is 8.78 Å². The summed E-state index contributed by atoms with van der Waals surface area (Å²) in [5.41, 5.74) is 2.58. The van der Waals surface area contributed by atoms with E-state index in [2.05, 4.69) is 6.92 Å². The Morgan fingerprint density at radius 3 is 2.36 bits per heavy atom. The van der Waals surface area contributed by atoms with E-state index in [-0.39, 0.29) is 6.10 Å². The molecule has 0 amide bonds. The van der Waals surface area contributed by atoms with Crippen molar-refractivity contribution in [2.24, 2.45) is 0 Å². The molecule has 3 heteroatoms. The first kappa shape index (κ1) is 18.1. The zero-order valence-electron chi connectivity index (χ0n) is 15.0. The van der Waals surface area contributed by atoms with Gasteiger partial charge in [0.15, 0.2) is 11.6 Å². The fourth-order valence-corrected chi connectivity index (χ4v) is 3.64. The summed E-state index contributed by atoms with van der Waals surface area (Å²) in [6.07, 6.45) is 6.19. The minimum atomic E-state index is -0.751. The number of aryl methyl sites for hydroxylation is 1. The highest BCUT2D eigenvalue weighted by Gasteiger charge is 2.25. The lowest BCUT2D eigenvalue weighted by Gasteiger charge is -2.14. The summed E-state index contributed by atoms with van der Waals surface area (Å²) >= 11 is 0. The van der Waals surface area contributed by atoms with E-state index in [1.165, 1.54) is 0 Å². The minimum absolute atomic E-state index is 0.124. The number of halogens is 2. The highest BCUT2D eigenvalue weighted by molar-refractivity contribution is 5.65. The van der Waals surface area contributed by atoms with E-state index in [0.29, 0.717) is 29.2 Å². The molecular weight excluding hydrogens is 318 g/mol. The molecule has 134 valence electrons. The Balaban J connectivity index is 1.78. The van der Waals surface area contributed by atoms with Gasteiger partial charge in [-0.1, -0.05) is 63.1 Å². The third-order valence-electron chi connectivity index (χ3n) is 4.99. The quantitative estimate of drug-likeness (QED) is 0.573. The van der Waals surface area contributed by atoms with Gasteiger partial charge >= 0.3 is 0 Å². The van der Waals surface area contributed by atoms with Crippen LogP contribution in [0.3, 0.4) is 0 Å². The number of hydrogen-bond acceptors (Lipinski definition) is 1. The largest absolute Gasteiger partial charge is 0.370 e. The van der Waals surface area contributed by atoms with E-state index in [1.807, 2.05) is 31.2 Å². The number of hydrogen-bond donors (Lipinski definition) is 0. The lowest BCUT2D eigenvalue weighted by Crippen LogP contribution is -2.05. The standard InChI is InChI=1S/C22H26F2O/c1-3-5-17-11-13-19(22(24)21(17)23)15-7-9-16(10-8-15)20-14-12-18(25-20)6-4-2/h7-11,13,18,20H,3-6,12,14H2,1-2H3.